The minimum atomic E-state index is -0.0440. The number of benzene rings is 3. The van der Waals surface area contributed by atoms with E-state index in [4.69, 9.17) is 0 Å². The molecular formula is C20H14N2O3S. The van der Waals surface area contributed by atoms with E-state index in [1.807, 2.05) is 30.3 Å². The van der Waals surface area contributed by atoms with Gasteiger partial charge in [0.1, 0.15) is 17.2 Å². The van der Waals surface area contributed by atoms with Crippen LogP contribution in [-0.2, 0) is 0 Å². The van der Waals surface area contributed by atoms with Crippen LogP contribution in [0.25, 0.3) is 22.0 Å². The molecule has 0 aliphatic rings. The molecule has 0 unspecified atom stereocenters. The van der Waals surface area contributed by atoms with Crippen LogP contribution in [0.2, 0.25) is 0 Å². The average molecular weight is 362 g/mol. The van der Waals surface area contributed by atoms with Crippen LogP contribution in [0.3, 0.4) is 0 Å². The number of thiazole rings is 1. The Hall–Kier alpha value is -3.38. The standard InChI is InChI=1S/C20H14N2O3S/c23-13-6-7-15(19(25)9-13)17-11-26-20(22-17)21-10-16-14-4-2-1-3-12(14)5-8-18(16)24/h1-11,23-25H. The first-order chi connectivity index (χ1) is 12.6. The van der Waals surface area contributed by atoms with Gasteiger partial charge in [-0.2, -0.15) is 0 Å². The van der Waals surface area contributed by atoms with Crippen LogP contribution in [0.4, 0.5) is 5.13 Å². The van der Waals surface area contributed by atoms with Crippen molar-refractivity contribution in [3.63, 3.8) is 0 Å². The van der Waals surface area contributed by atoms with Gasteiger partial charge in [-0.25, -0.2) is 9.98 Å². The maximum Gasteiger partial charge on any atom is 0.209 e. The molecule has 26 heavy (non-hydrogen) atoms. The van der Waals surface area contributed by atoms with E-state index in [2.05, 4.69) is 9.98 Å². The number of rotatable bonds is 3. The quantitative estimate of drug-likeness (QED) is 0.456. The lowest BCUT2D eigenvalue weighted by molar-refractivity contribution is 0.452. The zero-order valence-electron chi connectivity index (χ0n) is 13.5. The molecule has 0 spiro atoms. The van der Waals surface area contributed by atoms with Gasteiger partial charge >= 0.3 is 0 Å². The Morgan fingerprint density at radius 2 is 1.77 bits per heavy atom. The summed E-state index contributed by atoms with van der Waals surface area (Å²) in [5, 5.41) is 33.7. The molecule has 0 radical (unpaired) electrons. The maximum atomic E-state index is 10.2. The van der Waals surface area contributed by atoms with Crippen molar-refractivity contribution in [2.45, 2.75) is 0 Å². The molecule has 0 fully saturated rings. The summed E-state index contributed by atoms with van der Waals surface area (Å²) in [5.41, 5.74) is 1.72. The van der Waals surface area contributed by atoms with Gasteiger partial charge in [-0.3, -0.25) is 0 Å². The lowest BCUT2D eigenvalue weighted by Gasteiger charge is -2.04. The van der Waals surface area contributed by atoms with Gasteiger partial charge in [0.2, 0.25) is 5.13 Å². The van der Waals surface area contributed by atoms with Crippen molar-refractivity contribution in [2.75, 3.05) is 0 Å². The molecule has 6 heteroatoms. The number of nitrogens with zero attached hydrogens (tertiary/aromatic N) is 2. The summed E-state index contributed by atoms with van der Waals surface area (Å²) in [4.78, 5) is 8.77. The third-order valence-electron chi connectivity index (χ3n) is 4.00. The van der Waals surface area contributed by atoms with E-state index in [0.29, 0.717) is 22.0 Å². The predicted molar refractivity (Wildman–Crippen MR) is 104 cm³/mol. The molecule has 0 aliphatic carbocycles. The van der Waals surface area contributed by atoms with Crippen LogP contribution in [0.15, 0.2) is 65.0 Å². The number of hydrogen-bond acceptors (Lipinski definition) is 6. The van der Waals surface area contributed by atoms with Crippen molar-refractivity contribution < 1.29 is 15.3 Å². The number of hydrogen-bond donors (Lipinski definition) is 3. The fourth-order valence-corrected chi connectivity index (χ4v) is 3.38. The molecule has 0 saturated heterocycles. The molecule has 0 bridgehead atoms. The van der Waals surface area contributed by atoms with Crippen molar-refractivity contribution in [3.8, 4) is 28.5 Å². The highest BCUT2D eigenvalue weighted by Gasteiger charge is 2.10. The average Bonchev–Trinajstić information content (AvgIpc) is 3.09. The van der Waals surface area contributed by atoms with Crippen molar-refractivity contribution in [1.82, 2.24) is 4.98 Å². The van der Waals surface area contributed by atoms with Crippen LogP contribution in [0.5, 0.6) is 17.2 Å². The second-order valence-electron chi connectivity index (χ2n) is 5.69. The molecule has 0 aliphatic heterocycles. The molecule has 0 amide bonds. The minimum absolute atomic E-state index is 0.00819. The van der Waals surface area contributed by atoms with Crippen LogP contribution in [0.1, 0.15) is 5.56 Å². The van der Waals surface area contributed by atoms with E-state index >= 15 is 0 Å². The number of fused-ring (bicyclic) bond motifs is 1. The van der Waals surface area contributed by atoms with Crippen molar-refractivity contribution >= 4 is 33.5 Å². The van der Waals surface area contributed by atoms with Gasteiger partial charge in [-0.05, 0) is 29.0 Å². The second-order valence-corrected chi connectivity index (χ2v) is 6.53. The third kappa shape index (κ3) is 2.98. The molecule has 128 valence electrons. The molecule has 5 nitrogen and oxygen atoms in total. The Labute approximate surface area is 153 Å². The molecule has 3 N–H and O–H groups in total. The fourth-order valence-electron chi connectivity index (χ4n) is 2.72. The zero-order chi connectivity index (χ0) is 18.1. The molecular weight excluding hydrogens is 348 g/mol. The number of phenolic OH excluding ortho intramolecular Hbond substituents is 3. The molecule has 0 atom stereocenters. The highest BCUT2D eigenvalue weighted by molar-refractivity contribution is 7.13. The summed E-state index contributed by atoms with van der Waals surface area (Å²) in [6.45, 7) is 0. The topological polar surface area (TPSA) is 85.9 Å². The third-order valence-corrected chi connectivity index (χ3v) is 4.75. The maximum absolute atomic E-state index is 10.2. The molecule has 4 aromatic rings. The van der Waals surface area contributed by atoms with Crippen LogP contribution < -0.4 is 0 Å². The summed E-state index contributed by atoms with van der Waals surface area (Å²) in [6.07, 6.45) is 1.59. The van der Waals surface area contributed by atoms with Crippen LogP contribution in [0, 0.1) is 0 Å². The lowest BCUT2D eigenvalue weighted by atomic mass is 10.0. The highest BCUT2D eigenvalue weighted by atomic mass is 32.1. The predicted octanol–water partition coefficient (Wildman–Crippen LogP) is 4.83. The van der Waals surface area contributed by atoms with E-state index in [0.717, 1.165) is 10.8 Å². The fraction of sp³-hybridized carbons (Fsp3) is 0. The summed E-state index contributed by atoms with van der Waals surface area (Å²) >= 11 is 1.32. The summed E-state index contributed by atoms with van der Waals surface area (Å²) in [5.74, 6) is 0.101. The van der Waals surface area contributed by atoms with E-state index in [1.165, 1.54) is 23.5 Å². The van der Waals surface area contributed by atoms with E-state index in [1.54, 1.807) is 23.7 Å². The van der Waals surface area contributed by atoms with Crippen molar-refractivity contribution in [2.24, 2.45) is 4.99 Å². The zero-order valence-corrected chi connectivity index (χ0v) is 14.3. The lowest BCUT2D eigenvalue weighted by Crippen LogP contribution is -1.85. The Kier molecular flexibility index (Phi) is 4.02. The van der Waals surface area contributed by atoms with Crippen molar-refractivity contribution in [3.05, 3.63) is 65.5 Å². The summed E-state index contributed by atoms with van der Waals surface area (Å²) < 4.78 is 0. The van der Waals surface area contributed by atoms with Gasteiger partial charge in [0.15, 0.2) is 0 Å². The molecule has 1 aromatic heterocycles. The normalized spacial score (nSPS) is 11.4. The summed E-state index contributed by atoms with van der Waals surface area (Å²) in [6, 6.07) is 15.6. The van der Waals surface area contributed by atoms with Gasteiger partial charge < -0.3 is 15.3 Å². The summed E-state index contributed by atoms with van der Waals surface area (Å²) in [7, 11) is 0. The van der Waals surface area contributed by atoms with Gasteiger partial charge in [0, 0.05) is 28.8 Å². The van der Waals surface area contributed by atoms with Gasteiger partial charge in [-0.1, -0.05) is 30.3 Å². The Morgan fingerprint density at radius 1 is 0.923 bits per heavy atom. The molecule has 4 rings (SSSR count). The molecule has 0 saturated carbocycles. The molecule has 3 aromatic carbocycles. The number of phenols is 3. The van der Waals surface area contributed by atoms with Gasteiger partial charge in [0.05, 0.1) is 5.69 Å². The first kappa shape index (κ1) is 16.1. The number of aromatic hydroxyl groups is 3. The Balaban J connectivity index is 1.69. The Morgan fingerprint density at radius 3 is 2.62 bits per heavy atom. The smallest absolute Gasteiger partial charge is 0.209 e. The van der Waals surface area contributed by atoms with Crippen molar-refractivity contribution in [1.29, 1.82) is 0 Å². The van der Waals surface area contributed by atoms with Gasteiger partial charge in [-0.15, -0.1) is 11.3 Å². The largest absolute Gasteiger partial charge is 0.508 e. The monoisotopic (exact) mass is 362 g/mol. The molecule has 1 heterocycles. The highest BCUT2D eigenvalue weighted by Crippen LogP contribution is 2.34. The number of aliphatic imine (C=N–C) groups is 1. The van der Waals surface area contributed by atoms with E-state index in [9.17, 15) is 15.3 Å². The van der Waals surface area contributed by atoms with Crippen LogP contribution in [-0.4, -0.2) is 26.5 Å². The Bertz CT molecular complexity index is 1140. The number of aromatic nitrogens is 1. The van der Waals surface area contributed by atoms with E-state index in [-0.39, 0.29) is 17.2 Å². The minimum Gasteiger partial charge on any atom is -0.508 e. The van der Waals surface area contributed by atoms with Gasteiger partial charge in [0.25, 0.3) is 0 Å². The van der Waals surface area contributed by atoms with Crippen LogP contribution >= 0.6 is 11.3 Å². The van der Waals surface area contributed by atoms with E-state index < -0.39 is 0 Å². The first-order valence-electron chi connectivity index (χ1n) is 7.84. The SMILES string of the molecule is Oc1ccc(-c2csc(N=Cc3c(O)ccc4ccccc34)n2)c(O)c1. The second kappa shape index (κ2) is 6.50. The first-order valence-corrected chi connectivity index (χ1v) is 8.72.